The zero-order valence-electron chi connectivity index (χ0n) is 30.8. The molecule has 0 N–H and O–H groups in total. The van der Waals surface area contributed by atoms with Gasteiger partial charge in [-0.3, -0.25) is 14.8 Å². The molecular formula is C38H47Cl2N5O7S2. The monoisotopic (exact) mass is 819 g/mol. The van der Waals surface area contributed by atoms with Gasteiger partial charge in [-0.05, 0) is 74.2 Å². The van der Waals surface area contributed by atoms with E-state index in [4.69, 9.17) is 37.7 Å². The lowest BCUT2D eigenvalue weighted by Gasteiger charge is -2.39. The van der Waals surface area contributed by atoms with Crippen LogP contribution in [0.4, 0.5) is 4.79 Å². The van der Waals surface area contributed by atoms with E-state index in [9.17, 15) is 16.8 Å². The number of carbonyl (C=O) groups is 1. The maximum atomic E-state index is 15.1. The fraction of sp³-hybridized carbons (Fsp3) is 0.474. The van der Waals surface area contributed by atoms with Crippen molar-refractivity contribution < 1.29 is 31.1 Å². The predicted molar refractivity (Wildman–Crippen MR) is 211 cm³/mol. The first kappa shape index (κ1) is 40.3. The van der Waals surface area contributed by atoms with Gasteiger partial charge in [-0.25, -0.2) is 21.6 Å². The number of halogens is 2. The minimum atomic E-state index is -4.00. The maximum Gasteiger partial charge on any atom is 0.326 e. The van der Waals surface area contributed by atoms with Crippen LogP contribution in [0, 0.1) is 0 Å². The van der Waals surface area contributed by atoms with E-state index >= 15 is 4.79 Å². The number of sulfonamides is 1. The number of ether oxygens (including phenoxy) is 2. The highest BCUT2D eigenvalue weighted by molar-refractivity contribution is 7.90. The molecule has 0 radical (unpaired) electrons. The summed E-state index contributed by atoms with van der Waals surface area (Å²) in [6.07, 6.45) is 4.23. The lowest BCUT2D eigenvalue weighted by atomic mass is 9.93. The van der Waals surface area contributed by atoms with Gasteiger partial charge < -0.3 is 14.4 Å². The van der Waals surface area contributed by atoms with Crippen LogP contribution >= 0.6 is 23.2 Å². The predicted octanol–water partition coefficient (Wildman–Crippen LogP) is 6.29. The van der Waals surface area contributed by atoms with E-state index in [1.807, 2.05) is 31.2 Å². The van der Waals surface area contributed by atoms with Crippen LogP contribution in [0.1, 0.15) is 61.4 Å². The van der Waals surface area contributed by atoms with Crippen molar-refractivity contribution in [1.82, 2.24) is 19.0 Å². The summed E-state index contributed by atoms with van der Waals surface area (Å²) in [5.74, 6) is 0.830. The molecule has 2 fully saturated rings. The second-order valence-corrected chi connectivity index (χ2v) is 18.8. The number of aliphatic imine (C=N–C) groups is 1. The van der Waals surface area contributed by atoms with Crippen LogP contribution in [0.2, 0.25) is 10.0 Å². The highest BCUT2D eigenvalue weighted by Crippen LogP contribution is 2.47. The van der Waals surface area contributed by atoms with Crippen molar-refractivity contribution in [3.63, 3.8) is 0 Å². The minimum absolute atomic E-state index is 0.0267. The lowest BCUT2D eigenvalue weighted by Crippen LogP contribution is -2.54. The molecule has 0 aromatic heterocycles. The summed E-state index contributed by atoms with van der Waals surface area (Å²) in [4.78, 5) is 25.9. The van der Waals surface area contributed by atoms with E-state index < -0.39 is 31.9 Å². The average molecular weight is 821 g/mol. The number of methoxy groups -OCH3 is 1. The van der Waals surface area contributed by atoms with E-state index in [0.717, 1.165) is 30.4 Å². The number of amides is 2. The first-order valence-corrected chi connectivity index (χ1v) is 22.5. The summed E-state index contributed by atoms with van der Waals surface area (Å²) >= 11 is 12.7. The Morgan fingerprint density at radius 1 is 0.833 bits per heavy atom. The average Bonchev–Trinajstić information content (AvgIpc) is 3.55. The third kappa shape index (κ3) is 9.00. The zero-order valence-corrected chi connectivity index (χ0v) is 33.9. The molecular weight excluding hydrogens is 773 g/mol. The van der Waals surface area contributed by atoms with Crippen LogP contribution in [0.15, 0.2) is 70.6 Å². The second-order valence-electron chi connectivity index (χ2n) is 13.8. The normalized spacial score (nSPS) is 20.2. The smallest absolute Gasteiger partial charge is 0.326 e. The van der Waals surface area contributed by atoms with Crippen LogP contribution in [0.25, 0.3) is 0 Å². The third-order valence-electron chi connectivity index (χ3n) is 10.1. The number of benzene rings is 3. The van der Waals surface area contributed by atoms with Gasteiger partial charge in [0, 0.05) is 61.6 Å². The maximum absolute atomic E-state index is 15.1. The Bertz CT molecular complexity index is 2050. The Balaban J connectivity index is 1.47. The van der Waals surface area contributed by atoms with Crippen LogP contribution in [0.3, 0.4) is 0 Å². The van der Waals surface area contributed by atoms with Gasteiger partial charge in [0.15, 0.2) is 0 Å². The molecule has 2 atom stereocenters. The molecule has 2 saturated heterocycles. The van der Waals surface area contributed by atoms with Gasteiger partial charge >= 0.3 is 6.03 Å². The number of amidine groups is 1. The Hall–Kier alpha value is -3.40. The summed E-state index contributed by atoms with van der Waals surface area (Å²) in [6.45, 7) is 5.42. The molecule has 3 aromatic carbocycles. The molecule has 0 spiro atoms. The standard InChI is InChI=1S/C38H47Cl2N5O7S2/c1-4-52-32-26-33(51-2)34(54(49,50)44-18-6-5-7-19-44)25-31(32)37-41-35(27-9-13-29(39)14-10-27)36(28-11-15-30(40)16-12-28)45(37)38(46)43-22-20-42(21-23-43)17-8-24-53(3,47)48/h9-16,25-26,35-36H,4-8,17-24H2,1-3H3/t35-,36+/m0/s1. The van der Waals surface area contributed by atoms with Gasteiger partial charge in [0.25, 0.3) is 0 Å². The Morgan fingerprint density at radius 2 is 1.44 bits per heavy atom. The molecule has 0 aliphatic carbocycles. The van der Waals surface area contributed by atoms with Crippen molar-refractivity contribution in [1.29, 1.82) is 0 Å². The van der Waals surface area contributed by atoms with Crippen molar-refractivity contribution in [3.8, 4) is 11.5 Å². The SMILES string of the molecule is CCOc1cc(OC)c(S(=O)(=O)N2CCCCC2)cc1C1=N[C@@H](c2ccc(Cl)cc2)[C@@H](c2ccc(Cl)cc2)N1C(=O)N1CCN(CCCS(C)(=O)=O)CC1. The number of hydrogen-bond donors (Lipinski definition) is 0. The third-order valence-corrected chi connectivity index (χ3v) is 13.5. The molecule has 3 aliphatic rings. The summed E-state index contributed by atoms with van der Waals surface area (Å²) in [7, 11) is -5.65. The van der Waals surface area contributed by atoms with E-state index in [1.165, 1.54) is 23.7 Å². The van der Waals surface area contributed by atoms with Crippen molar-refractivity contribution in [3.05, 3.63) is 87.4 Å². The highest BCUT2D eigenvalue weighted by Gasteiger charge is 2.45. The van der Waals surface area contributed by atoms with E-state index in [2.05, 4.69) is 4.90 Å². The van der Waals surface area contributed by atoms with Gasteiger partial charge in [0.2, 0.25) is 10.0 Å². The number of urea groups is 1. The van der Waals surface area contributed by atoms with E-state index in [-0.39, 0.29) is 34.9 Å². The molecule has 2 amide bonds. The van der Waals surface area contributed by atoms with Gasteiger partial charge in [0.1, 0.15) is 38.1 Å². The van der Waals surface area contributed by atoms with Gasteiger partial charge in [-0.15, -0.1) is 0 Å². The number of piperazine rings is 1. The van der Waals surface area contributed by atoms with Gasteiger partial charge in [-0.1, -0.05) is 53.9 Å². The molecule has 12 nitrogen and oxygen atoms in total. The van der Waals surface area contributed by atoms with Crippen molar-refractivity contribution in [2.45, 2.75) is 49.6 Å². The van der Waals surface area contributed by atoms with Crippen LogP contribution in [-0.4, -0.2) is 119 Å². The van der Waals surface area contributed by atoms with Gasteiger partial charge in [0.05, 0.1) is 31.1 Å². The first-order chi connectivity index (χ1) is 25.8. The summed E-state index contributed by atoms with van der Waals surface area (Å²) in [5.41, 5.74) is 1.92. The number of carbonyl (C=O) groups excluding carboxylic acids is 1. The van der Waals surface area contributed by atoms with Crippen LogP contribution < -0.4 is 9.47 Å². The topological polar surface area (TPSA) is 129 Å². The van der Waals surface area contributed by atoms with E-state index in [0.29, 0.717) is 73.6 Å². The zero-order chi connectivity index (χ0) is 38.6. The number of sulfone groups is 1. The van der Waals surface area contributed by atoms with Crippen molar-refractivity contribution in [2.24, 2.45) is 4.99 Å². The highest BCUT2D eigenvalue weighted by atomic mass is 35.5. The van der Waals surface area contributed by atoms with Crippen molar-refractivity contribution >= 4 is 54.9 Å². The number of nitrogens with zero attached hydrogens (tertiary/aromatic N) is 5. The minimum Gasteiger partial charge on any atom is -0.495 e. The lowest BCUT2D eigenvalue weighted by molar-refractivity contribution is 0.119. The van der Waals surface area contributed by atoms with Gasteiger partial charge in [-0.2, -0.15) is 4.31 Å². The number of hydrogen-bond acceptors (Lipinski definition) is 9. The Labute approximate surface area is 328 Å². The molecule has 3 heterocycles. The van der Waals surface area contributed by atoms with Crippen LogP contribution in [0.5, 0.6) is 11.5 Å². The quantitative estimate of drug-likeness (QED) is 0.209. The van der Waals surface area contributed by atoms with E-state index in [1.54, 1.807) is 40.1 Å². The molecule has 3 aliphatic heterocycles. The largest absolute Gasteiger partial charge is 0.495 e. The molecule has 16 heteroatoms. The second kappa shape index (κ2) is 17.2. The fourth-order valence-corrected chi connectivity index (χ4v) is 9.90. The Kier molecular flexibility index (Phi) is 12.8. The molecule has 292 valence electrons. The molecule has 0 unspecified atom stereocenters. The molecule has 0 saturated carbocycles. The summed E-state index contributed by atoms with van der Waals surface area (Å²) in [6, 6.07) is 16.1. The van der Waals surface area contributed by atoms with Crippen molar-refractivity contribution in [2.75, 3.05) is 71.5 Å². The molecule has 3 aromatic rings. The fourth-order valence-electron chi connectivity index (χ4n) is 7.32. The Morgan fingerprint density at radius 3 is 2.02 bits per heavy atom. The summed E-state index contributed by atoms with van der Waals surface area (Å²) < 4.78 is 65.3. The van der Waals surface area contributed by atoms with Crippen LogP contribution in [-0.2, 0) is 19.9 Å². The molecule has 6 rings (SSSR count). The number of piperidine rings is 1. The molecule has 0 bridgehead atoms. The number of rotatable bonds is 12. The summed E-state index contributed by atoms with van der Waals surface area (Å²) in [5, 5.41) is 1.08. The molecule has 54 heavy (non-hydrogen) atoms. The first-order valence-electron chi connectivity index (χ1n) is 18.2.